The summed E-state index contributed by atoms with van der Waals surface area (Å²) in [5.41, 5.74) is 3.11. The molecule has 0 radical (unpaired) electrons. The number of hydrogen-bond acceptors (Lipinski definition) is 4. The van der Waals surface area contributed by atoms with Gasteiger partial charge in [-0.3, -0.25) is 4.98 Å². The number of rotatable bonds is 8. The number of ether oxygens (including phenoxy) is 1. The molecule has 0 amide bonds. The fourth-order valence-electron chi connectivity index (χ4n) is 3.98. The van der Waals surface area contributed by atoms with E-state index in [1.54, 1.807) is 25.4 Å². The van der Waals surface area contributed by atoms with Crippen LogP contribution in [0.5, 0.6) is 0 Å². The van der Waals surface area contributed by atoms with Crippen LogP contribution in [-0.2, 0) is 4.74 Å². The zero-order chi connectivity index (χ0) is 21.8. The molecule has 7 nitrogen and oxygen atoms in total. The first-order chi connectivity index (χ1) is 15.1. The molecule has 0 bridgehead atoms. The van der Waals surface area contributed by atoms with Crippen molar-refractivity contribution in [2.75, 3.05) is 20.3 Å². The number of methoxy groups -OCH3 is 1. The van der Waals surface area contributed by atoms with Gasteiger partial charge in [0.05, 0.1) is 23.3 Å². The molecule has 1 fully saturated rings. The van der Waals surface area contributed by atoms with Gasteiger partial charge in [-0.25, -0.2) is 4.79 Å². The maximum absolute atomic E-state index is 11.2. The van der Waals surface area contributed by atoms with Gasteiger partial charge in [0, 0.05) is 44.0 Å². The fourth-order valence-corrected chi connectivity index (χ4v) is 4.31. The molecule has 3 heterocycles. The summed E-state index contributed by atoms with van der Waals surface area (Å²) < 4.78 is 7.32. The minimum absolute atomic E-state index is 0.0755. The van der Waals surface area contributed by atoms with Crippen molar-refractivity contribution in [2.24, 2.45) is 0 Å². The minimum Gasteiger partial charge on any atom is -0.478 e. The summed E-state index contributed by atoms with van der Waals surface area (Å²) in [4.78, 5) is 18.0. The average molecular weight is 437 g/mol. The molecule has 0 spiro atoms. The second-order valence-electron chi connectivity index (χ2n) is 7.32. The highest BCUT2D eigenvalue weighted by molar-refractivity contribution is 7.80. The molecular formula is C23H24N4O3S. The van der Waals surface area contributed by atoms with Crippen LogP contribution < -0.4 is 5.32 Å². The zero-order valence-electron chi connectivity index (χ0n) is 17.1. The van der Waals surface area contributed by atoms with Crippen LogP contribution >= 0.6 is 12.2 Å². The molecule has 2 N–H and O–H groups in total. The summed E-state index contributed by atoms with van der Waals surface area (Å²) in [6.45, 7) is 1.40. The monoisotopic (exact) mass is 436 g/mol. The molecule has 1 aliphatic heterocycles. The lowest BCUT2D eigenvalue weighted by molar-refractivity contribution is 0.0697. The molecular weight excluding hydrogens is 412 g/mol. The first-order valence-corrected chi connectivity index (χ1v) is 10.5. The number of thiocarbonyl (C=S) groups is 1. The molecule has 0 aliphatic carbocycles. The number of carboxylic acid groups (broad SMARTS) is 1. The van der Waals surface area contributed by atoms with Gasteiger partial charge in [-0.2, -0.15) is 0 Å². The van der Waals surface area contributed by atoms with E-state index in [2.05, 4.69) is 25.8 Å². The smallest absolute Gasteiger partial charge is 0.335 e. The Hall–Kier alpha value is -3.23. The molecule has 160 valence electrons. The SMILES string of the molecule is COCCCN1C(=S)NC(c2ccccn2)C1c1cccn1-c1ccc(C(=O)O)cc1. The van der Waals surface area contributed by atoms with E-state index < -0.39 is 5.97 Å². The largest absolute Gasteiger partial charge is 0.478 e. The number of pyridine rings is 1. The number of aromatic nitrogens is 2. The van der Waals surface area contributed by atoms with Gasteiger partial charge < -0.3 is 24.6 Å². The van der Waals surface area contributed by atoms with Crippen LogP contribution in [0.1, 0.15) is 40.3 Å². The van der Waals surface area contributed by atoms with Gasteiger partial charge in [-0.05, 0) is 67.2 Å². The third-order valence-corrected chi connectivity index (χ3v) is 5.77. The molecule has 4 rings (SSSR count). The first-order valence-electron chi connectivity index (χ1n) is 10.1. The van der Waals surface area contributed by atoms with E-state index in [9.17, 15) is 9.90 Å². The van der Waals surface area contributed by atoms with Gasteiger partial charge >= 0.3 is 5.97 Å². The van der Waals surface area contributed by atoms with E-state index in [0.717, 1.165) is 30.0 Å². The summed E-state index contributed by atoms with van der Waals surface area (Å²) in [6.07, 6.45) is 4.61. The summed E-state index contributed by atoms with van der Waals surface area (Å²) in [5, 5.41) is 13.3. The Morgan fingerprint density at radius 1 is 1.19 bits per heavy atom. The van der Waals surface area contributed by atoms with Crippen molar-refractivity contribution in [1.29, 1.82) is 0 Å². The number of carbonyl (C=O) groups is 1. The van der Waals surface area contributed by atoms with Crippen molar-refractivity contribution in [3.05, 3.63) is 83.9 Å². The van der Waals surface area contributed by atoms with Crippen molar-refractivity contribution in [1.82, 2.24) is 19.8 Å². The highest BCUT2D eigenvalue weighted by Crippen LogP contribution is 2.39. The van der Waals surface area contributed by atoms with Crippen LogP contribution in [0.15, 0.2) is 67.0 Å². The Labute approximate surface area is 186 Å². The van der Waals surface area contributed by atoms with Crippen molar-refractivity contribution in [3.63, 3.8) is 0 Å². The van der Waals surface area contributed by atoms with E-state index in [4.69, 9.17) is 17.0 Å². The quantitative estimate of drug-likeness (QED) is 0.413. The van der Waals surface area contributed by atoms with Gasteiger partial charge in [0.1, 0.15) is 0 Å². The van der Waals surface area contributed by atoms with Gasteiger partial charge in [0.15, 0.2) is 5.11 Å². The molecule has 1 aromatic carbocycles. The Balaban J connectivity index is 1.74. The van der Waals surface area contributed by atoms with Crippen LogP contribution in [0.2, 0.25) is 0 Å². The molecule has 8 heteroatoms. The van der Waals surface area contributed by atoms with Gasteiger partial charge in [0.25, 0.3) is 0 Å². The lowest BCUT2D eigenvalue weighted by atomic mass is 10.0. The first kappa shape index (κ1) is 21.0. The molecule has 2 aromatic heterocycles. The Bertz CT molecular complexity index is 1050. The van der Waals surface area contributed by atoms with Crippen molar-refractivity contribution < 1.29 is 14.6 Å². The Morgan fingerprint density at radius 2 is 2.00 bits per heavy atom. The van der Waals surface area contributed by atoms with Crippen LogP contribution in [0.25, 0.3) is 5.69 Å². The maximum atomic E-state index is 11.2. The van der Waals surface area contributed by atoms with Gasteiger partial charge in [-0.15, -0.1) is 0 Å². The number of benzene rings is 1. The van der Waals surface area contributed by atoms with E-state index in [0.29, 0.717) is 11.7 Å². The highest BCUT2D eigenvalue weighted by atomic mass is 32.1. The topological polar surface area (TPSA) is 79.6 Å². The van der Waals surface area contributed by atoms with Crippen LogP contribution in [-0.4, -0.2) is 50.9 Å². The number of nitrogens with one attached hydrogen (secondary N) is 1. The van der Waals surface area contributed by atoms with Gasteiger partial charge in [0.2, 0.25) is 0 Å². The summed E-state index contributed by atoms with van der Waals surface area (Å²) >= 11 is 5.70. The summed E-state index contributed by atoms with van der Waals surface area (Å²) in [6, 6.07) is 16.6. The molecule has 2 unspecified atom stereocenters. The Morgan fingerprint density at radius 3 is 2.68 bits per heavy atom. The number of aromatic carboxylic acids is 1. The molecule has 0 saturated carbocycles. The van der Waals surface area contributed by atoms with Crippen molar-refractivity contribution in [3.8, 4) is 5.69 Å². The van der Waals surface area contributed by atoms with E-state index >= 15 is 0 Å². The average Bonchev–Trinajstić information content (AvgIpc) is 3.39. The molecule has 3 aromatic rings. The second-order valence-corrected chi connectivity index (χ2v) is 7.71. The highest BCUT2D eigenvalue weighted by Gasteiger charge is 2.40. The lowest BCUT2D eigenvalue weighted by Gasteiger charge is -2.29. The minimum atomic E-state index is -0.941. The second kappa shape index (κ2) is 9.28. The molecule has 2 atom stereocenters. The van der Waals surface area contributed by atoms with Gasteiger partial charge in [-0.1, -0.05) is 6.07 Å². The van der Waals surface area contributed by atoms with Crippen LogP contribution in [0.3, 0.4) is 0 Å². The number of carboxylic acids is 1. The maximum Gasteiger partial charge on any atom is 0.335 e. The molecule has 31 heavy (non-hydrogen) atoms. The lowest BCUT2D eigenvalue weighted by Crippen LogP contribution is -2.32. The van der Waals surface area contributed by atoms with E-state index in [1.165, 1.54) is 0 Å². The predicted octanol–water partition coefficient (Wildman–Crippen LogP) is 3.58. The summed E-state index contributed by atoms with van der Waals surface area (Å²) in [5.74, 6) is -0.941. The standard InChI is InChI=1S/C23H24N4O3S/c1-30-15-5-14-27-21(20(25-23(27)31)18-6-2-3-12-24-18)19-7-4-13-26(19)17-10-8-16(9-11-17)22(28)29/h2-4,6-13,20-21H,5,14-15H2,1H3,(H,25,31)(H,28,29). The summed E-state index contributed by atoms with van der Waals surface area (Å²) in [7, 11) is 1.70. The predicted molar refractivity (Wildman–Crippen MR) is 121 cm³/mol. The fraction of sp³-hybridized carbons (Fsp3) is 0.261. The number of hydrogen-bond donors (Lipinski definition) is 2. The normalized spacial score (nSPS) is 18.2. The zero-order valence-corrected chi connectivity index (χ0v) is 18.0. The van der Waals surface area contributed by atoms with Crippen LogP contribution in [0, 0.1) is 0 Å². The van der Waals surface area contributed by atoms with Crippen molar-refractivity contribution in [2.45, 2.75) is 18.5 Å². The molecule has 1 aliphatic rings. The third kappa shape index (κ3) is 4.30. The Kier molecular flexibility index (Phi) is 6.29. The van der Waals surface area contributed by atoms with Crippen LogP contribution in [0.4, 0.5) is 0 Å². The number of nitrogens with zero attached hydrogens (tertiary/aromatic N) is 3. The van der Waals surface area contributed by atoms with E-state index in [-0.39, 0.29) is 17.6 Å². The van der Waals surface area contributed by atoms with Crippen molar-refractivity contribution >= 4 is 23.3 Å². The van der Waals surface area contributed by atoms with E-state index in [1.807, 2.05) is 42.6 Å². The molecule has 1 saturated heterocycles. The third-order valence-electron chi connectivity index (χ3n) is 5.42.